The van der Waals surface area contributed by atoms with Gasteiger partial charge in [-0.1, -0.05) is 0 Å². The first kappa shape index (κ1) is 22.8. The summed E-state index contributed by atoms with van der Waals surface area (Å²) in [5, 5.41) is 69.5. The van der Waals surface area contributed by atoms with E-state index in [0.29, 0.717) is 0 Å². The molecule has 12 heteroatoms. The summed E-state index contributed by atoms with van der Waals surface area (Å²) in [5.41, 5.74) is 0. The molecule has 26 heavy (non-hydrogen) atoms. The number of aldehydes is 1. The lowest BCUT2D eigenvalue weighted by Crippen LogP contribution is -2.62. The number of hydrogen-bond donors (Lipinski definition) is 8. The van der Waals surface area contributed by atoms with Crippen molar-refractivity contribution >= 4 is 12.2 Å². The number of aliphatic hydroxyl groups is 7. The largest absolute Gasteiger partial charge is 0.394 e. The first-order chi connectivity index (χ1) is 12.2. The molecule has 0 aliphatic carbocycles. The van der Waals surface area contributed by atoms with Crippen LogP contribution in [0.3, 0.4) is 0 Å². The highest BCUT2D eigenvalue weighted by Crippen LogP contribution is 2.24. The Morgan fingerprint density at radius 2 is 1.81 bits per heavy atom. The Morgan fingerprint density at radius 3 is 2.27 bits per heavy atom. The van der Waals surface area contributed by atoms with Gasteiger partial charge in [-0.3, -0.25) is 4.79 Å². The molecule has 0 radical (unpaired) electrons. The average Bonchev–Trinajstić information content (AvgIpc) is 2.62. The fraction of sp³-hybridized carbons (Fsp3) is 0.857. The normalized spacial score (nSPS) is 33.8. The van der Waals surface area contributed by atoms with Crippen LogP contribution in [-0.4, -0.2) is 116 Å². The maximum absolute atomic E-state index is 11.3. The Bertz CT molecular complexity index is 462. The molecule has 0 spiro atoms. The molecule has 152 valence electrons. The molecule has 0 bridgehead atoms. The van der Waals surface area contributed by atoms with Crippen molar-refractivity contribution in [2.24, 2.45) is 0 Å². The smallest absolute Gasteiger partial charge is 0.217 e. The summed E-state index contributed by atoms with van der Waals surface area (Å²) < 4.78 is 10.4. The fourth-order valence-corrected chi connectivity index (χ4v) is 2.47. The number of ether oxygens (including phenoxy) is 2. The third kappa shape index (κ3) is 5.39. The summed E-state index contributed by atoms with van der Waals surface area (Å²) >= 11 is 0. The number of aliphatic hydroxyl groups excluding tert-OH is 7. The Hall–Kier alpha value is -1.22. The van der Waals surface area contributed by atoms with E-state index in [2.05, 4.69) is 5.32 Å². The van der Waals surface area contributed by atoms with Gasteiger partial charge in [0.1, 0.15) is 55.1 Å². The van der Waals surface area contributed by atoms with Crippen LogP contribution in [0.2, 0.25) is 0 Å². The summed E-state index contributed by atoms with van der Waals surface area (Å²) in [6.07, 6.45) is -13.5. The van der Waals surface area contributed by atoms with Crippen LogP contribution in [0.1, 0.15) is 6.92 Å². The molecular weight excluding hydrogens is 358 g/mol. The van der Waals surface area contributed by atoms with Gasteiger partial charge in [0.15, 0.2) is 6.29 Å². The van der Waals surface area contributed by atoms with Crippen LogP contribution < -0.4 is 5.32 Å². The SMILES string of the molecule is CC(=O)N[C@@H](C=O)[C@@H](OC1O[C@H](CO)[C@@H](O)[C@H](O)[C@H]1O)[C@H](O)[C@H](O)CO. The number of amides is 1. The zero-order valence-electron chi connectivity index (χ0n) is 14.0. The van der Waals surface area contributed by atoms with E-state index in [4.69, 9.17) is 19.7 Å². The van der Waals surface area contributed by atoms with Crippen molar-refractivity contribution in [1.29, 1.82) is 0 Å². The van der Waals surface area contributed by atoms with E-state index in [-0.39, 0.29) is 6.29 Å². The summed E-state index contributed by atoms with van der Waals surface area (Å²) in [4.78, 5) is 22.5. The fourth-order valence-electron chi connectivity index (χ4n) is 2.47. The molecule has 1 rings (SSSR count). The van der Waals surface area contributed by atoms with Crippen LogP contribution in [-0.2, 0) is 19.1 Å². The molecule has 8 N–H and O–H groups in total. The Kier molecular flexibility index (Phi) is 8.95. The zero-order valence-corrected chi connectivity index (χ0v) is 14.0. The molecule has 0 saturated carbocycles. The second-order valence-corrected chi connectivity index (χ2v) is 5.90. The van der Waals surface area contributed by atoms with Crippen molar-refractivity contribution in [2.75, 3.05) is 13.2 Å². The van der Waals surface area contributed by atoms with Crippen LogP contribution in [0.4, 0.5) is 0 Å². The number of carbonyl (C=O) groups excluding carboxylic acids is 2. The molecule has 1 saturated heterocycles. The minimum Gasteiger partial charge on any atom is -0.394 e. The third-order valence-electron chi connectivity index (χ3n) is 3.93. The maximum Gasteiger partial charge on any atom is 0.217 e. The standard InChI is InChI=1S/C14H25NO11/c1-5(19)15-6(2-16)13(9(21)7(20)3-17)26-14-12(24)11(23)10(22)8(4-18)25-14/h2,6-14,17-18,20-24H,3-4H2,1H3,(H,15,19)/t6-,7+,8+,9+,10+,11-,12+,13+,14?/m0/s1. The quantitative estimate of drug-likeness (QED) is 0.176. The van der Waals surface area contributed by atoms with Gasteiger partial charge in [-0.2, -0.15) is 0 Å². The van der Waals surface area contributed by atoms with Crippen LogP contribution >= 0.6 is 0 Å². The summed E-state index contributed by atoms with van der Waals surface area (Å²) in [6, 6.07) is -1.50. The molecule has 1 amide bonds. The van der Waals surface area contributed by atoms with Crippen molar-refractivity contribution in [3.63, 3.8) is 0 Å². The van der Waals surface area contributed by atoms with E-state index in [9.17, 15) is 35.1 Å². The van der Waals surface area contributed by atoms with Crippen molar-refractivity contribution in [3.05, 3.63) is 0 Å². The summed E-state index contributed by atoms with van der Waals surface area (Å²) in [5.74, 6) is -0.671. The Morgan fingerprint density at radius 1 is 1.19 bits per heavy atom. The molecule has 12 nitrogen and oxygen atoms in total. The van der Waals surface area contributed by atoms with Crippen LogP contribution in [0, 0.1) is 0 Å². The van der Waals surface area contributed by atoms with Gasteiger partial charge in [0.05, 0.1) is 13.2 Å². The predicted octanol–water partition coefficient (Wildman–Crippen LogP) is -5.41. The summed E-state index contributed by atoms with van der Waals surface area (Å²) in [6.45, 7) is -0.558. The molecule has 1 unspecified atom stereocenters. The van der Waals surface area contributed by atoms with Gasteiger partial charge in [-0.15, -0.1) is 0 Å². The highest BCUT2D eigenvalue weighted by Gasteiger charge is 2.47. The van der Waals surface area contributed by atoms with E-state index < -0.39 is 74.2 Å². The summed E-state index contributed by atoms with van der Waals surface area (Å²) in [7, 11) is 0. The average molecular weight is 383 g/mol. The second-order valence-electron chi connectivity index (χ2n) is 5.90. The lowest BCUT2D eigenvalue weighted by atomic mass is 9.98. The van der Waals surface area contributed by atoms with Gasteiger partial charge in [0.2, 0.25) is 5.91 Å². The maximum atomic E-state index is 11.3. The minimum absolute atomic E-state index is 0.198. The molecule has 1 fully saturated rings. The second kappa shape index (κ2) is 10.2. The van der Waals surface area contributed by atoms with E-state index in [1.165, 1.54) is 0 Å². The zero-order chi connectivity index (χ0) is 20.0. The van der Waals surface area contributed by atoms with Gasteiger partial charge in [0.25, 0.3) is 0 Å². The third-order valence-corrected chi connectivity index (χ3v) is 3.93. The van der Waals surface area contributed by atoms with Gasteiger partial charge >= 0.3 is 0 Å². The van der Waals surface area contributed by atoms with Crippen molar-refractivity contribution in [3.8, 4) is 0 Å². The van der Waals surface area contributed by atoms with Crippen molar-refractivity contribution in [1.82, 2.24) is 5.32 Å². The lowest BCUT2D eigenvalue weighted by molar-refractivity contribution is -0.320. The molecule has 1 aliphatic heterocycles. The molecule has 0 aromatic carbocycles. The highest BCUT2D eigenvalue weighted by molar-refractivity contribution is 5.77. The van der Waals surface area contributed by atoms with Gasteiger partial charge < -0.3 is 55.3 Å². The molecule has 0 aromatic rings. The van der Waals surface area contributed by atoms with Crippen molar-refractivity contribution < 1.29 is 54.8 Å². The number of rotatable bonds is 9. The molecule has 0 aromatic heterocycles. The number of nitrogens with one attached hydrogen (secondary N) is 1. The van der Waals surface area contributed by atoms with Gasteiger partial charge in [0, 0.05) is 6.92 Å². The molecular formula is C14H25NO11. The number of carbonyl (C=O) groups is 2. The first-order valence-electron chi connectivity index (χ1n) is 7.83. The van der Waals surface area contributed by atoms with Crippen LogP contribution in [0.25, 0.3) is 0 Å². The van der Waals surface area contributed by atoms with E-state index in [1.54, 1.807) is 0 Å². The molecule has 1 heterocycles. The Balaban J connectivity index is 3.06. The lowest BCUT2D eigenvalue weighted by Gasteiger charge is -2.42. The monoisotopic (exact) mass is 383 g/mol. The van der Waals surface area contributed by atoms with E-state index >= 15 is 0 Å². The van der Waals surface area contributed by atoms with Gasteiger partial charge in [-0.05, 0) is 0 Å². The predicted molar refractivity (Wildman–Crippen MR) is 81.4 cm³/mol. The van der Waals surface area contributed by atoms with Gasteiger partial charge in [-0.25, -0.2) is 0 Å². The van der Waals surface area contributed by atoms with E-state index in [0.717, 1.165) is 6.92 Å². The molecule has 1 aliphatic rings. The number of hydrogen-bond acceptors (Lipinski definition) is 11. The topological polar surface area (TPSA) is 206 Å². The van der Waals surface area contributed by atoms with Crippen molar-refractivity contribution in [2.45, 2.75) is 62.0 Å². The molecule has 9 atom stereocenters. The highest BCUT2D eigenvalue weighted by atomic mass is 16.7. The minimum atomic E-state index is -1.89. The van der Waals surface area contributed by atoms with Crippen LogP contribution in [0.15, 0.2) is 0 Å². The first-order valence-corrected chi connectivity index (χ1v) is 7.83. The Labute approximate surface area is 148 Å². The van der Waals surface area contributed by atoms with E-state index in [1.807, 2.05) is 0 Å². The van der Waals surface area contributed by atoms with Crippen LogP contribution in [0.5, 0.6) is 0 Å².